The highest BCUT2D eigenvalue weighted by Crippen LogP contribution is 1.93. The van der Waals surface area contributed by atoms with Gasteiger partial charge in [0.25, 0.3) is 0 Å². The molecule has 0 bridgehead atoms. The van der Waals surface area contributed by atoms with Gasteiger partial charge in [0, 0.05) is 6.08 Å². The first-order valence-electron chi connectivity index (χ1n) is 1.50. The summed E-state index contributed by atoms with van der Waals surface area (Å²) in [5.41, 5.74) is 0. The summed E-state index contributed by atoms with van der Waals surface area (Å²) in [6, 6.07) is 3.33. The standard InChI is InChI=1S/C4H2N2S/c5-2-1-4(7)3-6/h1,7H/b4-1+. The lowest BCUT2D eigenvalue weighted by Gasteiger charge is -1.67. The number of nitrogens with zero attached hydrogens (tertiary/aromatic N) is 2. The quantitative estimate of drug-likeness (QED) is 0.371. The third-order valence-corrected chi connectivity index (χ3v) is 0.545. The molecular formula is C4H2N2S. The maximum Gasteiger partial charge on any atom is 0.107 e. The molecule has 0 unspecified atom stereocenters. The Hall–Kier alpha value is -0.930. The normalized spacial score (nSPS) is 9.29. The molecule has 0 spiro atoms. The lowest BCUT2D eigenvalue weighted by molar-refractivity contribution is 1.51. The van der Waals surface area contributed by atoms with E-state index in [1.54, 1.807) is 12.1 Å². The maximum atomic E-state index is 7.92. The lowest BCUT2D eigenvalue weighted by atomic mass is 10.5. The Morgan fingerprint density at radius 2 is 2.14 bits per heavy atom. The van der Waals surface area contributed by atoms with E-state index in [9.17, 15) is 0 Å². The summed E-state index contributed by atoms with van der Waals surface area (Å²) >= 11 is 3.59. The summed E-state index contributed by atoms with van der Waals surface area (Å²) in [5.74, 6) is 0. The van der Waals surface area contributed by atoms with Crippen molar-refractivity contribution in [3.63, 3.8) is 0 Å². The van der Waals surface area contributed by atoms with Gasteiger partial charge in [-0.15, -0.1) is 12.6 Å². The van der Waals surface area contributed by atoms with Gasteiger partial charge < -0.3 is 0 Å². The van der Waals surface area contributed by atoms with Gasteiger partial charge in [-0.2, -0.15) is 10.5 Å². The van der Waals surface area contributed by atoms with Crippen molar-refractivity contribution in [3.05, 3.63) is 11.0 Å². The van der Waals surface area contributed by atoms with Gasteiger partial charge in [0.05, 0.1) is 11.0 Å². The van der Waals surface area contributed by atoms with Crippen LogP contribution in [0.4, 0.5) is 0 Å². The molecule has 0 aromatic carbocycles. The zero-order chi connectivity index (χ0) is 5.70. The molecule has 0 rings (SSSR count). The average molecular weight is 110 g/mol. The van der Waals surface area contributed by atoms with Crippen molar-refractivity contribution in [1.82, 2.24) is 0 Å². The third kappa shape index (κ3) is 2.88. The van der Waals surface area contributed by atoms with E-state index < -0.39 is 0 Å². The van der Waals surface area contributed by atoms with Gasteiger partial charge in [0.1, 0.15) is 6.07 Å². The van der Waals surface area contributed by atoms with Crippen molar-refractivity contribution in [3.8, 4) is 12.1 Å². The number of hydrogen-bond acceptors (Lipinski definition) is 3. The maximum absolute atomic E-state index is 7.92. The van der Waals surface area contributed by atoms with Gasteiger partial charge in [-0.05, 0) is 0 Å². The minimum absolute atomic E-state index is 0.141. The SMILES string of the molecule is N#C/C=C(/S)C#N. The molecule has 2 nitrogen and oxygen atoms in total. The largest absolute Gasteiger partial charge is 0.193 e. The highest BCUT2D eigenvalue weighted by atomic mass is 32.1. The zero-order valence-electron chi connectivity index (χ0n) is 3.42. The van der Waals surface area contributed by atoms with Crippen LogP contribution in [-0.4, -0.2) is 0 Å². The third-order valence-electron chi connectivity index (χ3n) is 0.316. The molecule has 0 aromatic heterocycles. The molecule has 0 atom stereocenters. The predicted molar refractivity (Wildman–Crippen MR) is 28.3 cm³/mol. The minimum Gasteiger partial charge on any atom is -0.193 e. The fourth-order valence-electron chi connectivity index (χ4n) is 0.0934. The molecule has 7 heavy (non-hydrogen) atoms. The second-order valence-electron chi connectivity index (χ2n) is 0.770. The van der Waals surface area contributed by atoms with Crippen LogP contribution in [0.2, 0.25) is 0 Å². The number of nitriles is 2. The van der Waals surface area contributed by atoms with Crippen LogP contribution in [0.5, 0.6) is 0 Å². The molecular weight excluding hydrogens is 108 g/mol. The monoisotopic (exact) mass is 110 g/mol. The van der Waals surface area contributed by atoms with Crippen LogP contribution in [0.3, 0.4) is 0 Å². The highest BCUT2D eigenvalue weighted by Gasteiger charge is 1.77. The Morgan fingerprint density at radius 1 is 1.57 bits per heavy atom. The molecule has 0 radical (unpaired) electrons. The van der Waals surface area contributed by atoms with Gasteiger partial charge in [-0.25, -0.2) is 0 Å². The first-order chi connectivity index (χ1) is 3.31. The molecule has 0 aromatic rings. The van der Waals surface area contributed by atoms with E-state index in [0.717, 1.165) is 6.08 Å². The number of rotatable bonds is 0. The molecule has 0 aliphatic carbocycles. The smallest absolute Gasteiger partial charge is 0.107 e. The average Bonchev–Trinajstić information content (AvgIpc) is 1.68. The lowest BCUT2D eigenvalue weighted by Crippen LogP contribution is -1.56. The van der Waals surface area contributed by atoms with E-state index in [1.807, 2.05) is 0 Å². The Labute approximate surface area is 47.1 Å². The van der Waals surface area contributed by atoms with E-state index in [0.29, 0.717) is 0 Å². The Kier molecular flexibility index (Phi) is 2.83. The van der Waals surface area contributed by atoms with Crippen molar-refractivity contribution in [2.24, 2.45) is 0 Å². The number of thiol groups is 1. The molecule has 34 valence electrons. The molecule has 0 aliphatic heterocycles. The van der Waals surface area contributed by atoms with E-state index in [1.165, 1.54) is 0 Å². The van der Waals surface area contributed by atoms with Crippen LogP contribution in [0.15, 0.2) is 11.0 Å². The fraction of sp³-hybridized carbons (Fsp3) is 0. The van der Waals surface area contributed by atoms with Gasteiger partial charge in [-0.1, -0.05) is 0 Å². The molecule has 0 amide bonds. The molecule has 0 heterocycles. The molecule has 0 N–H and O–H groups in total. The zero-order valence-corrected chi connectivity index (χ0v) is 4.31. The van der Waals surface area contributed by atoms with Crippen LogP contribution in [0, 0.1) is 22.7 Å². The molecule has 0 saturated heterocycles. The van der Waals surface area contributed by atoms with Gasteiger partial charge in [-0.3, -0.25) is 0 Å². The summed E-state index contributed by atoms with van der Waals surface area (Å²) in [4.78, 5) is 0.141. The Bertz CT molecular complexity index is 158. The van der Waals surface area contributed by atoms with E-state index in [-0.39, 0.29) is 4.91 Å². The van der Waals surface area contributed by atoms with Gasteiger partial charge in [0.15, 0.2) is 0 Å². The van der Waals surface area contributed by atoms with Crippen LogP contribution in [-0.2, 0) is 0 Å². The molecule has 3 heteroatoms. The summed E-state index contributed by atoms with van der Waals surface area (Å²) in [5, 5.41) is 15.8. The predicted octanol–water partition coefficient (Wildman–Crippen LogP) is 0.847. The Morgan fingerprint density at radius 3 is 2.29 bits per heavy atom. The van der Waals surface area contributed by atoms with Crippen molar-refractivity contribution in [2.45, 2.75) is 0 Å². The molecule has 0 aliphatic rings. The molecule has 0 fully saturated rings. The summed E-state index contributed by atoms with van der Waals surface area (Å²) in [6.07, 6.45) is 1.07. The second-order valence-corrected chi connectivity index (χ2v) is 1.25. The fourth-order valence-corrected chi connectivity index (χ4v) is 0.151. The van der Waals surface area contributed by atoms with Crippen molar-refractivity contribution < 1.29 is 0 Å². The van der Waals surface area contributed by atoms with Crippen LogP contribution >= 0.6 is 12.6 Å². The summed E-state index contributed by atoms with van der Waals surface area (Å²) in [6.45, 7) is 0. The van der Waals surface area contributed by atoms with Gasteiger partial charge in [0.2, 0.25) is 0 Å². The van der Waals surface area contributed by atoms with Crippen molar-refractivity contribution in [1.29, 1.82) is 10.5 Å². The van der Waals surface area contributed by atoms with E-state index in [2.05, 4.69) is 12.6 Å². The Balaban J connectivity index is 3.89. The topological polar surface area (TPSA) is 47.6 Å². The van der Waals surface area contributed by atoms with Crippen LogP contribution in [0.25, 0.3) is 0 Å². The first-order valence-corrected chi connectivity index (χ1v) is 1.95. The van der Waals surface area contributed by atoms with Crippen molar-refractivity contribution in [2.75, 3.05) is 0 Å². The van der Waals surface area contributed by atoms with Crippen LogP contribution < -0.4 is 0 Å². The number of allylic oxidation sites excluding steroid dienone is 2. The van der Waals surface area contributed by atoms with E-state index in [4.69, 9.17) is 10.5 Å². The number of hydrogen-bond donors (Lipinski definition) is 1. The second kappa shape index (κ2) is 3.27. The minimum atomic E-state index is 0.141. The molecule has 0 saturated carbocycles. The summed E-state index contributed by atoms with van der Waals surface area (Å²) < 4.78 is 0. The summed E-state index contributed by atoms with van der Waals surface area (Å²) in [7, 11) is 0. The van der Waals surface area contributed by atoms with E-state index >= 15 is 0 Å². The van der Waals surface area contributed by atoms with Crippen molar-refractivity contribution >= 4 is 12.6 Å². The van der Waals surface area contributed by atoms with Gasteiger partial charge >= 0.3 is 0 Å². The first kappa shape index (κ1) is 6.07. The van der Waals surface area contributed by atoms with Crippen LogP contribution in [0.1, 0.15) is 0 Å². The highest BCUT2D eigenvalue weighted by molar-refractivity contribution is 7.84.